The van der Waals surface area contributed by atoms with E-state index in [0.29, 0.717) is 0 Å². The van der Waals surface area contributed by atoms with E-state index < -0.39 is 6.10 Å². The molecule has 11 heavy (non-hydrogen) atoms. The van der Waals surface area contributed by atoms with Crippen LogP contribution in [-0.2, 0) is 7.05 Å². The minimum atomic E-state index is -0.492. The molecule has 0 aliphatic carbocycles. The van der Waals surface area contributed by atoms with Crippen molar-refractivity contribution < 1.29 is 5.11 Å². The first-order valence-electron chi connectivity index (χ1n) is 3.24. The lowest BCUT2D eigenvalue weighted by atomic mass is 10.3. The van der Waals surface area contributed by atoms with Gasteiger partial charge in [0, 0.05) is 7.05 Å². The first kappa shape index (κ1) is 8.58. The van der Waals surface area contributed by atoms with Gasteiger partial charge in [-0.05, 0) is 24.9 Å². The van der Waals surface area contributed by atoms with Gasteiger partial charge < -0.3 is 5.11 Å². The molecule has 3 N–H and O–H groups in total. The Morgan fingerprint density at radius 1 is 1.82 bits per heavy atom. The van der Waals surface area contributed by atoms with Crippen molar-refractivity contribution in [2.75, 3.05) is 0 Å². The van der Waals surface area contributed by atoms with Crippen LogP contribution in [0.15, 0.2) is 11.1 Å². The molecular formula is C6H11N3OS. The van der Waals surface area contributed by atoms with Gasteiger partial charge in [0.05, 0.1) is 11.8 Å². The van der Waals surface area contributed by atoms with Crippen LogP contribution in [0.1, 0.15) is 18.7 Å². The molecular weight excluding hydrogens is 162 g/mol. The molecule has 1 atom stereocenters. The number of aromatic nitrogens is 2. The number of aliphatic hydroxyl groups excluding tert-OH is 1. The lowest BCUT2D eigenvalue weighted by molar-refractivity contribution is 0.189. The van der Waals surface area contributed by atoms with Gasteiger partial charge in [0.2, 0.25) is 0 Å². The van der Waals surface area contributed by atoms with Crippen molar-refractivity contribution in [3.05, 3.63) is 11.8 Å². The molecule has 5 heteroatoms. The second kappa shape index (κ2) is 3.25. The van der Waals surface area contributed by atoms with E-state index in [4.69, 9.17) is 5.14 Å². The third kappa shape index (κ3) is 1.74. The van der Waals surface area contributed by atoms with E-state index in [1.54, 1.807) is 24.7 Å². The lowest BCUT2D eigenvalue weighted by Gasteiger charge is -2.01. The smallest absolute Gasteiger partial charge is 0.133 e. The quantitative estimate of drug-likeness (QED) is 0.637. The molecule has 0 fully saturated rings. The number of hydrogen-bond donors (Lipinski definition) is 2. The lowest BCUT2D eigenvalue weighted by Crippen LogP contribution is -2.01. The highest BCUT2D eigenvalue weighted by atomic mass is 32.2. The van der Waals surface area contributed by atoms with E-state index in [1.165, 1.54) is 0 Å². The van der Waals surface area contributed by atoms with Crippen molar-refractivity contribution in [3.63, 3.8) is 0 Å². The van der Waals surface area contributed by atoms with Gasteiger partial charge in [-0.3, -0.25) is 9.82 Å². The molecule has 0 aliphatic rings. The average Bonchev–Trinajstić information content (AvgIpc) is 2.30. The van der Waals surface area contributed by atoms with Crippen LogP contribution in [0.4, 0.5) is 0 Å². The third-order valence-corrected chi connectivity index (χ3v) is 1.88. The highest BCUT2D eigenvalue weighted by Crippen LogP contribution is 2.16. The van der Waals surface area contributed by atoms with Crippen LogP contribution in [0.5, 0.6) is 0 Å². The molecule has 1 heterocycles. The van der Waals surface area contributed by atoms with E-state index in [0.717, 1.165) is 22.7 Å². The van der Waals surface area contributed by atoms with Crippen molar-refractivity contribution in [1.29, 1.82) is 0 Å². The zero-order valence-corrected chi connectivity index (χ0v) is 7.30. The van der Waals surface area contributed by atoms with E-state index in [9.17, 15) is 5.11 Å². The Morgan fingerprint density at radius 3 is 2.73 bits per heavy atom. The number of nitrogens with zero attached hydrogens (tertiary/aromatic N) is 2. The summed E-state index contributed by atoms with van der Waals surface area (Å²) in [6.07, 6.45) is -0.492. The molecule has 1 rings (SSSR count). The molecule has 1 aromatic heterocycles. The van der Waals surface area contributed by atoms with E-state index in [1.807, 2.05) is 0 Å². The minimum absolute atomic E-state index is 0.492. The van der Waals surface area contributed by atoms with Crippen LogP contribution < -0.4 is 5.14 Å². The molecule has 62 valence electrons. The van der Waals surface area contributed by atoms with Gasteiger partial charge in [-0.25, -0.2) is 0 Å². The van der Waals surface area contributed by atoms with Crippen LogP contribution >= 0.6 is 11.9 Å². The van der Waals surface area contributed by atoms with Crippen molar-refractivity contribution in [1.82, 2.24) is 9.78 Å². The van der Waals surface area contributed by atoms with Crippen molar-refractivity contribution in [3.8, 4) is 0 Å². The van der Waals surface area contributed by atoms with Gasteiger partial charge >= 0.3 is 0 Å². The van der Waals surface area contributed by atoms with E-state index in [2.05, 4.69) is 5.10 Å². The molecule has 0 bridgehead atoms. The zero-order chi connectivity index (χ0) is 8.43. The summed E-state index contributed by atoms with van der Waals surface area (Å²) in [5.41, 5.74) is 0.776. The Labute approximate surface area is 69.5 Å². The van der Waals surface area contributed by atoms with Gasteiger partial charge in [0.25, 0.3) is 0 Å². The maximum Gasteiger partial charge on any atom is 0.133 e. The molecule has 0 spiro atoms. The zero-order valence-electron chi connectivity index (χ0n) is 6.48. The summed E-state index contributed by atoms with van der Waals surface area (Å²) in [6, 6.07) is 1.77. The van der Waals surface area contributed by atoms with Gasteiger partial charge in [-0.15, -0.1) is 0 Å². The topological polar surface area (TPSA) is 64.1 Å². The Morgan fingerprint density at radius 2 is 2.45 bits per heavy atom. The summed E-state index contributed by atoms with van der Waals surface area (Å²) in [7, 11) is 1.78. The second-order valence-corrected chi connectivity index (χ2v) is 2.98. The number of aryl methyl sites for hydroxylation is 1. The maximum absolute atomic E-state index is 9.20. The Hall–Kier alpha value is -0.520. The number of rotatable bonds is 2. The summed E-state index contributed by atoms with van der Waals surface area (Å²) in [5.74, 6) is 0. The van der Waals surface area contributed by atoms with Crippen LogP contribution in [0.3, 0.4) is 0 Å². The minimum Gasteiger partial charge on any atom is -0.387 e. The highest BCUT2D eigenvalue weighted by molar-refractivity contribution is 7.97. The fraction of sp³-hybridized carbons (Fsp3) is 0.500. The largest absolute Gasteiger partial charge is 0.387 e. The molecule has 1 unspecified atom stereocenters. The number of nitrogens with two attached hydrogens (primary N) is 1. The Bertz CT molecular complexity index is 246. The van der Waals surface area contributed by atoms with Crippen LogP contribution in [0, 0.1) is 0 Å². The van der Waals surface area contributed by atoms with Crippen LogP contribution in [0.2, 0.25) is 0 Å². The number of aliphatic hydroxyl groups is 1. The molecule has 0 aromatic carbocycles. The first-order valence-corrected chi connectivity index (χ1v) is 4.12. The summed E-state index contributed by atoms with van der Waals surface area (Å²) in [5, 5.41) is 19.3. The summed E-state index contributed by atoms with van der Waals surface area (Å²) >= 11 is 1.08. The van der Waals surface area contributed by atoms with E-state index in [-0.39, 0.29) is 0 Å². The maximum atomic E-state index is 9.20. The summed E-state index contributed by atoms with van der Waals surface area (Å²) in [4.78, 5) is 0. The first-order chi connectivity index (χ1) is 5.15. The molecule has 0 radical (unpaired) electrons. The fourth-order valence-electron chi connectivity index (χ4n) is 0.903. The molecule has 0 saturated carbocycles. The van der Waals surface area contributed by atoms with Gasteiger partial charge in [-0.1, -0.05) is 0 Å². The Balaban J connectivity index is 2.97. The average molecular weight is 173 g/mol. The third-order valence-electron chi connectivity index (χ3n) is 1.44. The van der Waals surface area contributed by atoms with Crippen LogP contribution in [0.25, 0.3) is 0 Å². The SMILES string of the molecule is CC(O)c1cc(SN)nn1C. The summed E-state index contributed by atoms with van der Waals surface area (Å²) in [6.45, 7) is 1.70. The monoisotopic (exact) mass is 173 g/mol. The van der Waals surface area contributed by atoms with Crippen molar-refractivity contribution >= 4 is 11.9 Å². The number of hydrogen-bond acceptors (Lipinski definition) is 4. The van der Waals surface area contributed by atoms with Crippen LogP contribution in [-0.4, -0.2) is 14.9 Å². The van der Waals surface area contributed by atoms with Gasteiger partial charge in [0.15, 0.2) is 0 Å². The molecule has 0 amide bonds. The van der Waals surface area contributed by atoms with Gasteiger partial charge in [0.1, 0.15) is 5.03 Å². The Kier molecular flexibility index (Phi) is 2.53. The van der Waals surface area contributed by atoms with E-state index >= 15 is 0 Å². The standard InChI is InChI=1S/C6H11N3OS/c1-4(10)5-3-6(11-7)8-9(5)2/h3-4,10H,7H2,1-2H3. The predicted molar refractivity (Wildman–Crippen MR) is 43.9 cm³/mol. The predicted octanol–water partition coefficient (Wildman–Crippen LogP) is 0.439. The normalized spacial score (nSPS) is 13.5. The van der Waals surface area contributed by atoms with Crippen molar-refractivity contribution in [2.24, 2.45) is 12.2 Å². The molecule has 1 aromatic rings. The van der Waals surface area contributed by atoms with Gasteiger partial charge in [-0.2, -0.15) is 5.10 Å². The fourth-order valence-corrected chi connectivity index (χ4v) is 1.26. The molecule has 0 aliphatic heterocycles. The molecule has 4 nitrogen and oxygen atoms in total. The molecule has 0 saturated heterocycles. The second-order valence-electron chi connectivity index (χ2n) is 2.32. The van der Waals surface area contributed by atoms with Crippen molar-refractivity contribution in [2.45, 2.75) is 18.1 Å². The summed E-state index contributed by atoms with van der Waals surface area (Å²) < 4.78 is 1.62. The highest BCUT2D eigenvalue weighted by Gasteiger charge is 2.08.